The molecule has 25 heavy (non-hydrogen) atoms. The largest absolute Gasteiger partial charge is 0.375 e. The Hall–Kier alpha value is -2.44. The molecule has 0 spiro atoms. The lowest BCUT2D eigenvalue weighted by molar-refractivity contribution is -0.105. The van der Waals surface area contributed by atoms with Crippen LogP contribution in [0.5, 0.6) is 0 Å². The third-order valence-corrected chi connectivity index (χ3v) is 4.57. The maximum atomic E-state index is 12.2. The van der Waals surface area contributed by atoms with Gasteiger partial charge in [-0.25, -0.2) is 0 Å². The second-order valence-corrected chi connectivity index (χ2v) is 6.22. The molecule has 6 heteroatoms. The van der Waals surface area contributed by atoms with Crippen LogP contribution in [0.2, 0.25) is 0 Å². The summed E-state index contributed by atoms with van der Waals surface area (Å²) in [6.45, 7) is 3.77. The van der Waals surface area contributed by atoms with Crippen molar-refractivity contribution >= 4 is 12.1 Å². The molecule has 1 aliphatic rings. The first kappa shape index (κ1) is 17.4. The van der Waals surface area contributed by atoms with Gasteiger partial charge in [0.1, 0.15) is 5.69 Å². The molecular weight excluding hydrogens is 318 g/mol. The second-order valence-electron chi connectivity index (χ2n) is 6.22. The van der Waals surface area contributed by atoms with E-state index in [4.69, 9.17) is 4.74 Å². The first-order chi connectivity index (χ1) is 12.2. The van der Waals surface area contributed by atoms with Crippen LogP contribution in [0.25, 0.3) is 0 Å². The predicted molar refractivity (Wildman–Crippen MR) is 96.4 cm³/mol. The maximum absolute atomic E-state index is 12.2. The highest BCUT2D eigenvalue weighted by molar-refractivity contribution is 5.71. The molecule has 0 radical (unpaired) electrons. The van der Waals surface area contributed by atoms with Gasteiger partial charge in [0.05, 0.1) is 13.2 Å². The van der Waals surface area contributed by atoms with Gasteiger partial charge in [-0.3, -0.25) is 14.5 Å². The summed E-state index contributed by atoms with van der Waals surface area (Å²) >= 11 is 0. The number of ether oxygens (including phenoxy) is 1. The van der Waals surface area contributed by atoms with E-state index in [1.165, 1.54) is 5.56 Å². The van der Waals surface area contributed by atoms with E-state index in [1.807, 2.05) is 18.2 Å². The second kappa shape index (κ2) is 8.09. The number of pyridine rings is 1. The van der Waals surface area contributed by atoms with Gasteiger partial charge in [0.2, 0.25) is 6.41 Å². The summed E-state index contributed by atoms with van der Waals surface area (Å²) in [4.78, 5) is 25.1. The maximum Gasteiger partial charge on any atom is 0.274 e. The highest BCUT2D eigenvalue weighted by Crippen LogP contribution is 2.19. The molecule has 2 heterocycles. The molecule has 0 aliphatic carbocycles. The number of anilines is 1. The molecule has 0 saturated carbocycles. The lowest BCUT2D eigenvalue weighted by atomic mass is 10.0. The van der Waals surface area contributed by atoms with E-state index in [0.717, 1.165) is 37.3 Å². The Morgan fingerprint density at radius 2 is 2.08 bits per heavy atom. The zero-order valence-electron chi connectivity index (χ0n) is 14.4. The fourth-order valence-corrected chi connectivity index (χ4v) is 3.20. The minimum absolute atomic E-state index is 0.162. The molecule has 1 amide bonds. The number of aromatic nitrogens is 1. The molecule has 1 N–H and O–H groups in total. The number of benzene rings is 1. The molecule has 0 fully saturated rings. The van der Waals surface area contributed by atoms with Gasteiger partial charge in [0, 0.05) is 38.8 Å². The third kappa shape index (κ3) is 4.15. The number of hydrogen-bond acceptors (Lipinski definition) is 4. The summed E-state index contributed by atoms with van der Waals surface area (Å²) < 4.78 is 7.40. The van der Waals surface area contributed by atoms with Crippen LogP contribution in [-0.2, 0) is 36.2 Å². The molecular formula is C19H23N3O3. The molecule has 0 atom stereocenters. The Morgan fingerprint density at radius 1 is 1.28 bits per heavy atom. The minimum atomic E-state index is -0.162. The highest BCUT2D eigenvalue weighted by atomic mass is 16.5. The van der Waals surface area contributed by atoms with Crippen LogP contribution < -0.4 is 10.9 Å². The van der Waals surface area contributed by atoms with Crippen molar-refractivity contribution in [2.24, 2.45) is 7.05 Å². The normalized spacial score (nSPS) is 14.1. The molecule has 1 aromatic heterocycles. The molecule has 0 unspecified atom stereocenters. The first-order valence-electron chi connectivity index (χ1n) is 8.45. The zero-order chi connectivity index (χ0) is 17.6. The Labute approximate surface area is 147 Å². The van der Waals surface area contributed by atoms with Crippen LogP contribution in [0.1, 0.15) is 16.8 Å². The lowest BCUT2D eigenvalue weighted by Gasteiger charge is -2.30. The molecule has 2 aromatic rings. The minimum Gasteiger partial charge on any atom is -0.375 e. The molecule has 0 bridgehead atoms. The van der Waals surface area contributed by atoms with Gasteiger partial charge in [0.25, 0.3) is 5.56 Å². The van der Waals surface area contributed by atoms with E-state index in [9.17, 15) is 9.59 Å². The van der Waals surface area contributed by atoms with Crippen molar-refractivity contribution in [2.45, 2.75) is 19.6 Å². The average Bonchev–Trinajstić information content (AvgIpc) is 2.64. The van der Waals surface area contributed by atoms with Crippen LogP contribution in [-0.4, -0.2) is 35.6 Å². The van der Waals surface area contributed by atoms with Crippen LogP contribution >= 0.6 is 0 Å². The lowest BCUT2D eigenvalue weighted by Crippen LogP contribution is -2.37. The van der Waals surface area contributed by atoms with Crippen LogP contribution in [0.4, 0.5) is 5.69 Å². The summed E-state index contributed by atoms with van der Waals surface area (Å²) in [6, 6.07) is 11.9. The number of nitrogens with one attached hydrogen (secondary N) is 1. The van der Waals surface area contributed by atoms with Crippen LogP contribution in [0, 0.1) is 0 Å². The molecule has 3 rings (SSSR count). The van der Waals surface area contributed by atoms with E-state index in [1.54, 1.807) is 17.7 Å². The zero-order valence-corrected chi connectivity index (χ0v) is 14.4. The molecule has 1 aromatic carbocycles. The quantitative estimate of drug-likeness (QED) is 0.613. The van der Waals surface area contributed by atoms with Crippen LogP contribution in [0.15, 0.2) is 41.2 Å². The fraction of sp³-hybridized carbons (Fsp3) is 0.368. The van der Waals surface area contributed by atoms with E-state index in [0.29, 0.717) is 25.3 Å². The van der Waals surface area contributed by atoms with Crippen molar-refractivity contribution in [1.29, 1.82) is 0 Å². The Bertz CT molecular complexity index is 786. The van der Waals surface area contributed by atoms with Gasteiger partial charge in [-0.15, -0.1) is 0 Å². The first-order valence-corrected chi connectivity index (χ1v) is 8.45. The highest BCUT2D eigenvalue weighted by Gasteiger charge is 2.20. The standard InChI is InChI=1S/C19H23N3O3/c1-21-18-7-8-22(9-10-25-13-15-5-3-2-4-6-15)12-16(18)11-17(19(21)24)20-14-23/h2-6,11,14H,7-10,12-13H2,1H3,(H,20,23). The molecule has 0 saturated heterocycles. The third-order valence-electron chi connectivity index (χ3n) is 4.57. The molecule has 6 nitrogen and oxygen atoms in total. The Kier molecular flexibility index (Phi) is 5.63. The number of amides is 1. The van der Waals surface area contributed by atoms with Gasteiger partial charge in [-0.2, -0.15) is 0 Å². The number of carbonyl (C=O) groups is 1. The van der Waals surface area contributed by atoms with Gasteiger partial charge in [-0.05, 0) is 17.2 Å². The smallest absolute Gasteiger partial charge is 0.274 e. The van der Waals surface area contributed by atoms with Gasteiger partial charge in [0.15, 0.2) is 0 Å². The fourth-order valence-electron chi connectivity index (χ4n) is 3.20. The van der Waals surface area contributed by atoms with Crippen molar-refractivity contribution in [2.75, 3.05) is 25.0 Å². The van der Waals surface area contributed by atoms with Crippen LogP contribution in [0.3, 0.4) is 0 Å². The monoisotopic (exact) mass is 341 g/mol. The summed E-state index contributed by atoms with van der Waals surface area (Å²) in [6.07, 6.45) is 1.36. The summed E-state index contributed by atoms with van der Waals surface area (Å²) in [7, 11) is 1.76. The SMILES string of the molecule is Cn1c2c(cc(NC=O)c1=O)CN(CCOCc1ccccc1)CC2. The molecule has 1 aliphatic heterocycles. The number of fused-ring (bicyclic) bond motifs is 1. The summed E-state index contributed by atoms with van der Waals surface area (Å²) in [5.41, 5.74) is 3.47. The van der Waals surface area contributed by atoms with Crippen molar-refractivity contribution in [1.82, 2.24) is 9.47 Å². The predicted octanol–water partition coefficient (Wildman–Crippen LogP) is 1.53. The summed E-state index contributed by atoms with van der Waals surface area (Å²) in [5.74, 6) is 0. The Morgan fingerprint density at radius 3 is 2.84 bits per heavy atom. The summed E-state index contributed by atoms with van der Waals surface area (Å²) in [5, 5.41) is 2.49. The average molecular weight is 341 g/mol. The number of hydrogen-bond donors (Lipinski definition) is 1. The van der Waals surface area contributed by atoms with Crippen molar-refractivity contribution < 1.29 is 9.53 Å². The number of rotatable bonds is 7. The van der Waals surface area contributed by atoms with Gasteiger partial charge >= 0.3 is 0 Å². The van der Waals surface area contributed by atoms with Crippen molar-refractivity contribution in [3.8, 4) is 0 Å². The molecule has 132 valence electrons. The van der Waals surface area contributed by atoms with E-state index in [-0.39, 0.29) is 5.56 Å². The van der Waals surface area contributed by atoms with E-state index < -0.39 is 0 Å². The number of carbonyl (C=O) groups excluding carboxylic acids is 1. The van der Waals surface area contributed by atoms with Crippen molar-refractivity contribution in [3.63, 3.8) is 0 Å². The van der Waals surface area contributed by atoms with Gasteiger partial charge < -0.3 is 14.6 Å². The van der Waals surface area contributed by atoms with Gasteiger partial charge in [-0.1, -0.05) is 30.3 Å². The Balaban J connectivity index is 1.57. The topological polar surface area (TPSA) is 63.6 Å². The van der Waals surface area contributed by atoms with E-state index >= 15 is 0 Å². The van der Waals surface area contributed by atoms with Crippen molar-refractivity contribution in [3.05, 3.63) is 63.6 Å². The number of nitrogens with zero attached hydrogens (tertiary/aromatic N) is 2. The van der Waals surface area contributed by atoms with E-state index in [2.05, 4.69) is 22.3 Å².